The second-order valence-electron chi connectivity index (χ2n) is 14.5. The molecule has 2 saturated heterocycles. The molecule has 0 aliphatic carbocycles. The van der Waals surface area contributed by atoms with Crippen LogP contribution in [0.1, 0.15) is 72.6 Å². The number of amides is 4. The highest BCUT2D eigenvalue weighted by Gasteiger charge is 2.38. The Kier molecular flexibility index (Phi) is 11.2. The van der Waals surface area contributed by atoms with Gasteiger partial charge in [0.25, 0.3) is 11.8 Å². The van der Waals surface area contributed by atoms with Gasteiger partial charge in [-0.2, -0.15) is 0 Å². The summed E-state index contributed by atoms with van der Waals surface area (Å²) in [6, 6.07) is 27.3. The summed E-state index contributed by atoms with van der Waals surface area (Å²) in [4.78, 5) is 75.7. The van der Waals surface area contributed by atoms with Gasteiger partial charge in [-0.15, -0.1) is 0 Å². The van der Waals surface area contributed by atoms with Gasteiger partial charge in [-0.3, -0.25) is 14.6 Å². The van der Waals surface area contributed by atoms with Crippen molar-refractivity contribution in [3.8, 4) is 33.8 Å². The van der Waals surface area contributed by atoms with Gasteiger partial charge in [-0.25, -0.2) is 19.6 Å². The Hall–Kier alpha value is -7.29. The van der Waals surface area contributed by atoms with E-state index in [1.807, 2.05) is 72.8 Å². The number of nitrogens with one attached hydrogen (secondary N) is 4. The third kappa shape index (κ3) is 8.26. The van der Waals surface area contributed by atoms with E-state index >= 15 is 0 Å². The molecule has 59 heavy (non-hydrogen) atoms. The molecule has 2 fully saturated rings. The summed E-state index contributed by atoms with van der Waals surface area (Å²) < 4.78 is 4.82. The number of imidazole rings is 2. The lowest BCUT2D eigenvalue weighted by molar-refractivity contribution is -0.135. The lowest BCUT2D eigenvalue weighted by Gasteiger charge is -2.28. The van der Waals surface area contributed by atoms with E-state index in [1.54, 1.807) is 52.7 Å². The first-order valence-corrected chi connectivity index (χ1v) is 19.5. The maximum Gasteiger partial charge on any atom is 0.407 e. The van der Waals surface area contributed by atoms with Crippen LogP contribution in [0, 0.1) is 0 Å². The van der Waals surface area contributed by atoms with Crippen LogP contribution in [0.2, 0.25) is 0 Å². The van der Waals surface area contributed by atoms with Crippen molar-refractivity contribution in [2.24, 2.45) is 0 Å². The third-order valence-corrected chi connectivity index (χ3v) is 10.9. The Morgan fingerprint density at radius 2 is 1.14 bits per heavy atom. The van der Waals surface area contributed by atoms with Crippen molar-refractivity contribution in [2.75, 3.05) is 20.2 Å². The zero-order valence-corrected chi connectivity index (χ0v) is 32.2. The van der Waals surface area contributed by atoms with E-state index < -0.39 is 24.3 Å². The van der Waals surface area contributed by atoms with E-state index in [0.29, 0.717) is 42.3 Å². The van der Waals surface area contributed by atoms with Gasteiger partial charge in [-0.05, 0) is 54.5 Å². The van der Waals surface area contributed by atoms with Crippen LogP contribution in [0.15, 0.2) is 116 Å². The molecule has 300 valence electrons. The number of carboxylic acid groups (broad SMARTS) is 1. The molecule has 6 aromatic rings. The van der Waals surface area contributed by atoms with Crippen LogP contribution in [0.4, 0.5) is 9.59 Å². The Morgan fingerprint density at radius 3 is 1.63 bits per heavy atom. The first-order chi connectivity index (χ1) is 28.8. The number of H-pyrrole nitrogens is 2. The monoisotopic (exact) mass is 793 g/mol. The molecule has 0 spiro atoms. The molecule has 5 N–H and O–H groups in total. The number of benzene rings is 3. The maximum atomic E-state index is 13.9. The van der Waals surface area contributed by atoms with Crippen molar-refractivity contribution in [2.45, 2.75) is 49.9 Å². The summed E-state index contributed by atoms with van der Waals surface area (Å²) in [6.07, 6.45) is 6.33. The molecule has 0 saturated carbocycles. The van der Waals surface area contributed by atoms with E-state index in [2.05, 4.69) is 30.6 Å². The SMILES string of the molecule is COC(=O)NC(C(=O)N1CCCC1c1ncc(-c2ccc(-c3ccc(-c4cnc([C@@H]5CCCN5C(=O)[C@H](NC(=O)O)c5ccccc5)[nH]4)cn3)cc2)[nH]1)c1ccccc1. The number of pyridine rings is 1. The standard InChI is InChI=1S/C44H43N9O6/c1-59-44(58)51-38(30-12-6-3-7-13-30)42(55)53-23-9-14-35(53)39-46-25-33(48-39)28-18-16-27(17-19-28)32-21-20-31(24-45-32)34-26-47-40(49-34)36-15-8-22-52(36)41(54)37(50-43(56)57)29-10-4-2-5-11-29/h2-7,10-13,16-21,24-26,35-38,50H,8-9,14-15,22-23H2,1H3,(H,46,48)(H,47,49)(H,51,58)(H,56,57)/t35?,36-,37+,38?/m0/s1. The van der Waals surface area contributed by atoms with Crippen LogP contribution < -0.4 is 10.6 Å². The molecule has 3 aromatic heterocycles. The minimum atomic E-state index is -1.27. The Morgan fingerprint density at radius 1 is 0.644 bits per heavy atom. The summed E-state index contributed by atoms with van der Waals surface area (Å²) in [6.45, 7) is 1.03. The Bertz CT molecular complexity index is 2420. The highest BCUT2D eigenvalue weighted by atomic mass is 16.5. The van der Waals surface area contributed by atoms with Gasteiger partial charge in [0.2, 0.25) is 0 Å². The van der Waals surface area contributed by atoms with E-state index in [0.717, 1.165) is 53.0 Å². The number of aromatic amines is 2. The van der Waals surface area contributed by atoms with Gasteiger partial charge in [-0.1, -0.05) is 84.9 Å². The van der Waals surface area contributed by atoms with Gasteiger partial charge in [0, 0.05) is 30.4 Å². The molecule has 2 aliphatic heterocycles. The summed E-state index contributed by atoms with van der Waals surface area (Å²) in [5, 5.41) is 14.6. The van der Waals surface area contributed by atoms with Gasteiger partial charge < -0.3 is 40.2 Å². The predicted octanol–water partition coefficient (Wildman–Crippen LogP) is 6.96. The Balaban J connectivity index is 0.928. The molecule has 15 nitrogen and oxygen atoms in total. The van der Waals surface area contributed by atoms with Crippen LogP contribution in [0.25, 0.3) is 33.8 Å². The fourth-order valence-electron chi connectivity index (χ4n) is 7.98. The van der Waals surface area contributed by atoms with Gasteiger partial charge >= 0.3 is 12.2 Å². The Labute approximate surface area is 339 Å². The lowest BCUT2D eigenvalue weighted by atomic mass is 10.0. The van der Waals surface area contributed by atoms with Crippen LogP contribution >= 0.6 is 0 Å². The number of likely N-dealkylation sites (tertiary alicyclic amines) is 2. The van der Waals surface area contributed by atoms with E-state index in [4.69, 9.17) is 9.72 Å². The van der Waals surface area contributed by atoms with E-state index in [9.17, 15) is 24.3 Å². The number of carbonyl (C=O) groups excluding carboxylic acids is 3. The summed E-state index contributed by atoms with van der Waals surface area (Å²) in [7, 11) is 1.27. The summed E-state index contributed by atoms with van der Waals surface area (Å²) in [5.74, 6) is 0.765. The fourth-order valence-corrected chi connectivity index (χ4v) is 7.98. The quantitative estimate of drug-likeness (QED) is 0.0920. The largest absolute Gasteiger partial charge is 0.465 e. The second kappa shape index (κ2) is 17.1. The molecule has 0 radical (unpaired) electrons. The molecule has 2 aliphatic rings. The molecule has 8 rings (SSSR count). The molecule has 4 atom stereocenters. The number of alkyl carbamates (subject to hydrolysis) is 1. The maximum absolute atomic E-state index is 13.9. The van der Waals surface area contributed by atoms with E-state index in [-0.39, 0.29) is 23.9 Å². The van der Waals surface area contributed by atoms with Gasteiger partial charge in [0.1, 0.15) is 23.7 Å². The first-order valence-electron chi connectivity index (χ1n) is 19.5. The number of methoxy groups -OCH3 is 1. The highest BCUT2D eigenvalue weighted by Crippen LogP contribution is 2.36. The van der Waals surface area contributed by atoms with Crippen molar-refractivity contribution in [1.29, 1.82) is 0 Å². The lowest BCUT2D eigenvalue weighted by Crippen LogP contribution is -2.42. The smallest absolute Gasteiger partial charge is 0.407 e. The first kappa shape index (κ1) is 38.6. The summed E-state index contributed by atoms with van der Waals surface area (Å²) in [5.41, 5.74) is 6.27. The number of hydrogen-bond donors (Lipinski definition) is 5. The average Bonchev–Trinajstić information content (AvgIpc) is 4.12. The van der Waals surface area contributed by atoms with Crippen molar-refractivity contribution in [3.63, 3.8) is 0 Å². The molecule has 15 heteroatoms. The number of ether oxygens (including phenoxy) is 1. The van der Waals surface area contributed by atoms with Crippen molar-refractivity contribution in [3.05, 3.63) is 138 Å². The fraction of sp³-hybridized carbons (Fsp3) is 0.250. The minimum absolute atomic E-state index is 0.227. The molecule has 4 amide bonds. The molecule has 3 aromatic carbocycles. The van der Waals surface area contributed by atoms with Crippen LogP contribution in [-0.4, -0.2) is 84.0 Å². The zero-order chi connectivity index (χ0) is 40.9. The van der Waals surface area contributed by atoms with Gasteiger partial charge in [0.15, 0.2) is 0 Å². The van der Waals surface area contributed by atoms with Gasteiger partial charge in [0.05, 0.1) is 48.7 Å². The zero-order valence-electron chi connectivity index (χ0n) is 32.2. The number of carbonyl (C=O) groups is 4. The molecule has 2 unspecified atom stereocenters. The number of nitrogens with zero attached hydrogens (tertiary/aromatic N) is 5. The van der Waals surface area contributed by atoms with E-state index in [1.165, 1.54) is 7.11 Å². The van der Waals surface area contributed by atoms with Crippen LogP contribution in [0.5, 0.6) is 0 Å². The second-order valence-corrected chi connectivity index (χ2v) is 14.5. The summed E-state index contributed by atoms with van der Waals surface area (Å²) >= 11 is 0. The molecular formula is C44H43N9O6. The molecular weight excluding hydrogens is 751 g/mol. The minimum Gasteiger partial charge on any atom is -0.465 e. The number of aromatic nitrogens is 5. The third-order valence-electron chi connectivity index (χ3n) is 10.9. The average molecular weight is 794 g/mol. The topological polar surface area (TPSA) is 199 Å². The van der Waals surface area contributed by atoms with Crippen molar-refractivity contribution in [1.82, 2.24) is 45.4 Å². The number of hydrogen-bond acceptors (Lipinski definition) is 8. The van der Waals surface area contributed by atoms with Crippen LogP contribution in [-0.2, 0) is 14.3 Å². The number of rotatable bonds is 11. The van der Waals surface area contributed by atoms with Crippen molar-refractivity contribution < 1.29 is 29.0 Å². The molecule has 0 bridgehead atoms. The highest BCUT2D eigenvalue weighted by molar-refractivity contribution is 5.88. The molecule has 5 heterocycles. The van der Waals surface area contributed by atoms with Crippen LogP contribution in [0.3, 0.4) is 0 Å². The van der Waals surface area contributed by atoms with Crippen molar-refractivity contribution >= 4 is 24.0 Å². The normalized spacial score (nSPS) is 17.3. The predicted molar refractivity (Wildman–Crippen MR) is 217 cm³/mol.